The van der Waals surface area contributed by atoms with Gasteiger partial charge in [0.25, 0.3) is 11.1 Å². The highest BCUT2D eigenvalue weighted by atomic mass is 32.2. The monoisotopic (exact) mass is 479 g/mol. The molecule has 0 atom stereocenters. The van der Waals surface area contributed by atoms with Crippen LogP contribution in [0.4, 0.5) is 4.79 Å². The van der Waals surface area contributed by atoms with Gasteiger partial charge in [-0.3, -0.25) is 14.5 Å². The van der Waals surface area contributed by atoms with Gasteiger partial charge in [-0.05, 0) is 60.6 Å². The standard InChI is InChI=1S/C25H21NO7S/c1-15-7-8-16(24(28)29)13-18(15)19-10-9-17(33-19)14-22-23(27)26(25(30)34-22)11-12-32-21-6-4-3-5-20(21)31-2/h3-10,13-14H,11-12H2,1-2H3,(H,28,29)/b22-14-. The Morgan fingerprint density at radius 2 is 1.88 bits per heavy atom. The molecular formula is C25H21NO7S. The highest BCUT2D eigenvalue weighted by molar-refractivity contribution is 8.18. The molecule has 1 aliphatic heterocycles. The second-order valence-electron chi connectivity index (χ2n) is 7.37. The van der Waals surface area contributed by atoms with Crippen LogP contribution in [0.1, 0.15) is 21.7 Å². The van der Waals surface area contributed by atoms with Crippen LogP contribution in [0.25, 0.3) is 17.4 Å². The maximum Gasteiger partial charge on any atom is 0.335 e. The second kappa shape index (κ2) is 9.88. The first-order valence-corrected chi connectivity index (χ1v) is 11.1. The number of rotatable bonds is 8. The molecule has 0 aliphatic carbocycles. The van der Waals surface area contributed by atoms with Crippen molar-refractivity contribution in [2.45, 2.75) is 6.92 Å². The van der Waals surface area contributed by atoms with Crippen LogP contribution in [-0.4, -0.2) is 47.4 Å². The summed E-state index contributed by atoms with van der Waals surface area (Å²) in [4.78, 5) is 37.8. The third kappa shape index (κ3) is 4.84. The number of imide groups is 1. The first kappa shape index (κ1) is 23.2. The molecule has 4 rings (SSSR count). The van der Waals surface area contributed by atoms with E-state index in [4.69, 9.17) is 13.9 Å². The van der Waals surface area contributed by atoms with Crippen LogP contribution in [0.2, 0.25) is 0 Å². The molecule has 1 fully saturated rings. The van der Waals surface area contributed by atoms with E-state index >= 15 is 0 Å². The Bertz CT molecular complexity index is 1290. The van der Waals surface area contributed by atoms with E-state index in [0.29, 0.717) is 28.6 Å². The lowest BCUT2D eigenvalue weighted by Crippen LogP contribution is -2.32. The van der Waals surface area contributed by atoms with Crippen molar-refractivity contribution in [1.29, 1.82) is 0 Å². The van der Waals surface area contributed by atoms with Crippen molar-refractivity contribution in [3.8, 4) is 22.8 Å². The van der Waals surface area contributed by atoms with E-state index in [1.807, 2.05) is 13.0 Å². The van der Waals surface area contributed by atoms with Gasteiger partial charge in [0.05, 0.1) is 24.1 Å². The summed E-state index contributed by atoms with van der Waals surface area (Å²) in [7, 11) is 1.54. The maximum absolute atomic E-state index is 12.8. The summed E-state index contributed by atoms with van der Waals surface area (Å²) < 4.78 is 16.7. The van der Waals surface area contributed by atoms with Gasteiger partial charge in [0.15, 0.2) is 11.5 Å². The zero-order valence-corrected chi connectivity index (χ0v) is 19.3. The Labute approximate surface area is 199 Å². The molecule has 2 amide bonds. The minimum Gasteiger partial charge on any atom is -0.493 e. The maximum atomic E-state index is 12.8. The molecule has 0 bridgehead atoms. The van der Waals surface area contributed by atoms with Crippen LogP contribution in [-0.2, 0) is 4.79 Å². The molecule has 0 saturated carbocycles. The fourth-order valence-corrected chi connectivity index (χ4v) is 4.25. The molecule has 1 aliphatic rings. The topological polar surface area (TPSA) is 106 Å². The fourth-order valence-electron chi connectivity index (χ4n) is 3.40. The molecule has 174 valence electrons. The highest BCUT2D eigenvalue weighted by Crippen LogP contribution is 2.34. The fraction of sp³-hybridized carbons (Fsp3) is 0.160. The number of thioether (sulfide) groups is 1. The van der Waals surface area contributed by atoms with E-state index in [0.717, 1.165) is 22.2 Å². The smallest absolute Gasteiger partial charge is 0.335 e. The number of aryl methyl sites for hydroxylation is 1. The van der Waals surface area contributed by atoms with Gasteiger partial charge in [-0.25, -0.2) is 4.79 Å². The van der Waals surface area contributed by atoms with Gasteiger partial charge in [0, 0.05) is 11.6 Å². The number of aromatic carboxylic acids is 1. The zero-order valence-electron chi connectivity index (χ0n) is 18.4. The van der Waals surface area contributed by atoms with E-state index in [2.05, 4.69) is 0 Å². The molecule has 2 aromatic carbocycles. The van der Waals surface area contributed by atoms with Crippen molar-refractivity contribution >= 4 is 35.0 Å². The number of hydrogen-bond donors (Lipinski definition) is 1. The van der Waals surface area contributed by atoms with Gasteiger partial charge in [0.2, 0.25) is 0 Å². The third-order valence-corrected chi connectivity index (χ3v) is 6.07. The Hall–Kier alpha value is -3.98. The first-order valence-electron chi connectivity index (χ1n) is 10.3. The molecule has 0 spiro atoms. The van der Waals surface area contributed by atoms with Crippen molar-refractivity contribution in [1.82, 2.24) is 4.90 Å². The van der Waals surface area contributed by atoms with Crippen LogP contribution in [0.3, 0.4) is 0 Å². The third-order valence-electron chi connectivity index (χ3n) is 5.17. The lowest BCUT2D eigenvalue weighted by atomic mass is 10.0. The van der Waals surface area contributed by atoms with Crippen LogP contribution in [0.15, 0.2) is 63.9 Å². The Morgan fingerprint density at radius 1 is 1.12 bits per heavy atom. The predicted octanol–water partition coefficient (Wildman–Crippen LogP) is 5.08. The van der Waals surface area contributed by atoms with Gasteiger partial charge < -0.3 is 19.0 Å². The van der Waals surface area contributed by atoms with E-state index in [1.54, 1.807) is 36.4 Å². The average molecular weight is 480 g/mol. The van der Waals surface area contributed by atoms with Crippen molar-refractivity contribution in [2.24, 2.45) is 0 Å². The lowest BCUT2D eigenvalue weighted by molar-refractivity contribution is -0.123. The minimum atomic E-state index is -1.03. The number of carboxylic acid groups (broad SMARTS) is 1. The molecule has 1 aromatic heterocycles. The van der Waals surface area contributed by atoms with Crippen LogP contribution in [0.5, 0.6) is 11.5 Å². The Kier molecular flexibility index (Phi) is 6.74. The molecule has 2 heterocycles. The summed E-state index contributed by atoms with van der Waals surface area (Å²) in [6.45, 7) is 2.06. The molecule has 1 saturated heterocycles. The van der Waals surface area contributed by atoms with E-state index in [-0.39, 0.29) is 23.6 Å². The second-order valence-corrected chi connectivity index (χ2v) is 8.36. The summed E-state index contributed by atoms with van der Waals surface area (Å²) in [5, 5.41) is 8.85. The number of methoxy groups -OCH3 is 1. The van der Waals surface area contributed by atoms with E-state index in [1.165, 1.54) is 25.3 Å². The molecule has 34 heavy (non-hydrogen) atoms. The van der Waals surface area contributed by atoms with E-state index in [9.17, 15) is 19.5 Å². The van der Waals surface area contributed by atoms with Crippen molar-refractivity contribution in [2.75, 3.05) is 20.3 Å². The minimum absolute atomic E-state index is 0.0879. The van der Waals surface area contributed by atoms with Gasteiger partial charge in [0.1, 0.15) is 18.1 Å². The number of nitrogens with zero attached hydrogens (tertiary/aromatic N) is 1. The lowest BCUT2D eigenvalue weighted by Gasteiger charge is -2.14. The Balaban J connectivity index is 1.45. The normalized spacial score (nSPS) is 14.6. The van der Waals surface area contributed by atoms with Crippen molar-refractivity contribution in [3.05, 3.63) is 76.4 Å². The van der Waals surface area contributed by atoms with Crippen LogP contribution in [0, 0.1) is 6.92 Å². The molecule has 3 aromatic rings. The zero-order chi connectivity index (χ0) is 24.2. The molecule has 9 heteroatoms. The first-order chi connectivity index (χ1) is 16.4. The van der Waals surface area contributed by atoms with Gasteiger partial charge in [-0.2, -0.15) is 0 Å². The number of carbonyl (C=O) groups is 3. The summed E-state index contributed by atoms with van der Waals surface area (Å²) >= 11 is 0.826. The predicted molar refractivity (Wildman–Crippen MR) is 127 cm³/mol. The SMILES string of the molecule is COc1ccccc1OCCN1C(=O)S/C(=C\c2ccc(-c3cc(C(=O)O)ccc3C)o2)C1=O. The van der Waals surface area contributed by atoms with Crippen LogP contribution >= 0.6 is 11.8 Å². The summed E-state index contributed by atoms with van der Waals surface area (Å²) in [6, 6.07) is 15.3. The van der Waals surface area contributed by atoms with Gasteiger partial charge in [-0.1, -0.05) is 18.2 Å². The number of amides is 2. The largest absolute Gasteiger partial charge is 0.493 e. The van der Waals surface area contributed by atoms with Crippen molar-refractivity contribution < 1.29 is 33.4 Å². The summed E-state index contributed by atoms with van der Waals surface area (Å²) in [5.74, 6) is 0.478. The van der Waals surface area contributed by atoms with Crippen LogP contribution < -0.4 is 9.47 Å². The number of furan rings is 1. The number of ether oxygens (including phenoxy) is 2. The molecule has 0 unspecified atom stereocenters. The number of carbonyl (C=O) groups excluding carboxylic acids is 2. The number of carboxylic acids is 1. The number of benzene rings is 2. The molecule has 8 nitrogen and oxygen atoms in total. The number of hydrogen-bond acceptors (Lipinski definition) is 7. The molecular weight excluding hydrogens is 458 g/mol. The van der Waals surface area contributed by atoms with E-state index < -0.39 is 17.1 Å². The highest BCUT2D eigenvalue weighted by Gasteiger charge is 2.35. The Morgan fingerprint density at radius 3 is 2.62 bits per heavy atom. The quantitative estimate of drug-likeness (QED) is 0.446. The van der Waals surface area contributed by atoms with Gasteiger partial charge in [-0.15, -0.1) is 0 Å². The summed E-state index contributed by atoms with van der Waals surface area (Å²) in [6.07, 6.45) is 1.51. The van der Waals surface area contributed by atoms with Crippen molar-refractivity contribution in [3.63, 3.8) is 0 Å². The van der Waals surface area contributed by atoms with Gasteiger partial charge >= 0.3 is 5.97 Å². The number of para-hydroxylation sites is 2. The average Bonchev–Trinajstić information content (AvgIpc) is 3.39. The molecule has 1 N–H and O–H groups in total. The molecule has 0 radical (unpaired) electrons. The summed E-state index contributed by atoms with van der Waals surface area (Å²) in [5.41, 5.74) is 1.64.